The molecule has 3 aromatic carbocycles. The number of carbonyl (C=O) groups is 2. The summed E-state index contributed by atoms with van der Waals surface area (Å²) >= 11 is 4.92. The fraction of sp³-hybridized carbons (Fsp3) is 0.231. The third kappa shape index (κ3) is 4.65. The number of amides is 1. The van der Waals surface area contributed by atoms with Crippen LogP contribution in [0.15, 0.2) is 84.9 Å². The highest BCUT2D eigenvalue weighted by molar-refractivity contribution is 7.81. The summed E-state index contributed by atoms with van der Waals surface area (Å²) < 4.78 is 9.75. The minimum absolute atomic E-state index is 0.134. The van der Waals surface area contributed by atoms with Crippen molar-refractivity contribution in [3.8, 4) is 11.1 Å². The highest BCUT2D eigenvalue weighted by Gasteiger charge is 2.49. The minimum atomic E-state index is -0.755. The molecule has 5 nitrogen and oxygen atoms in total. The van der Waals surface area contributed by atoms with Gasteiger partial charge >= 0.3 is 12.1 Å². The van der Waals surface area contributed by atoms with Gasteiger partial charge in [-0.15, -0.1) is 0 Å². The number of methoxy groups -OCH3 is 1. The van der Waals surface area contributed by atoms with Gasteiger partial charge in [0.15, 0.2) is 0 Å². The minimum Gasteiger partial charge on any atom is -0.467 e. The number of benzene rings is 3. The van der Waals surface area contributed by atoms with E-state index in [2.05, 4.69) is 12.1 Å². The molecule has 0 unspecified atom stereocenters. The van der Waals surface area contributed by atoms with E-state index in [1.54, 1.807) is 0 Å². The maximum Gasteiger partial charge on any atom is 0.410 e. The van der Waals surface area contributed by atoms with Crippen LogP contribution in [0, 0.1) is 0 Å². The smallest absolute Gasteiger partial charge is 0.410 e. The molecular weight excluding hydrogens is 422 g/mol. The topological polar surface area (TPSA) is 55.8 Å². The van der Waals surface area contributed by atoms with Gasteiger partial charge < -0.3 is 9.47 Å². The van der Waals surface area contributed by atoms with E-state index in [0.717, 1.165) is 22.3 Å². The second-order valence-corrected chi connectivity index (χ2v) is 8.74. The quantitative estimate of drug-likeness (QED) is 0.439. The van der Waals surface area contributed by atoms with E-state index in [9.17, 15) is 9.59 Å². The third-order valence-corrected chi connectivity index (χ3v) is 6.36. The van der Waals surface area contributed by atoms with Gasteiger partial charge in [-0.2, -0.15) is 12.6 Å². The van der Waals surface area contributed by atoms with Crippen molar-refractivity contribution in [2.24, 2.45) is 0 Å². The summed E-state index contributed by atoms with van der Waals surface area (Å²) in [6.07, 6.45) is -0.213. The van der Waals surface area contributed by atoms with E-state index < -0.39 is 22.9 Å². The molecule has 164 valence electrons. The summed E-state index contributed by atoms with van der Waals surface area (Å²) in [5, 5.41) is 0. The number of thiol groups is 1. The van der Waals surface area contributed by atoms with Crippen molar-refractivity contribution in [3.63, 3.8) is 0 Å². The van der Waals surface area contributed by atoms with Crippen LogP contribution in [0.4, 0.5) is 4.79 Å². The van der Waals surface area contributed by atoms with Crippen LogP contribution < -0.4 is 0 Å². The molecule has 1 fully saturated rings. The molecule has 0 bridgehead atoms. The Labute approximate surface area is 193 Å². The molecule has 3 aromatic rings. The van der Waals surface area contributed by atoms with Crippen LogP contribution in [0.2, 0.25) is 0 Å². The molecule has 0 N–H and O–H groups in total. The van der Waals surface area contributed by atoms with Crippen molar-refractivity contribution in [2.45, 2.75) is 23.8 Å². The Hall–Kier alpha value is -3.25. The average Bonchev–Trinajstić information content (AvgIpc) is 3.22. The first-order valence-corrected chi connectivity index (χ1v) is 10.9. The first-order chi connectivity index (χ1) is 15.5. The van der Waals surface area contributed by atoms with Crippen LogP contribution in [0.25, 0.3) is 11.1 Å². The van der Waals surface area contributed by atoms with Crippen LogP contribution in [0.5, 0.6) is 0 Å². The standard InChI is InChI=1S/C26H25NO4S/c1-30-24(28)23-16-26(32,18-27(23)25(29)31-17-19-8-4-2-5-9-19)22-14-12-21(13-15-22)20-10-6-3-7-11-20/h2-15,23,32H,16-18H2,1H3/t23-,26-/m0/s1. The molecule has 32 heavy (non-hydrogen) atoms. The number of esters is 1. The Morgan fingerprint density at radius 1 is 0.938 bits per heavy atom. The maximum absolute atomic E-state index is 12.9. The van der Waals surface area contributed by atoms with E-state index >= 15 is 0 Å². The van der Waals surface area contributed by atoms with Gasteiger partial charge in [-0.25, -0.2) is 9.59 Å². The Balaban J connectivity index is 1.53. The predicted molar refractivity (Wildman–Crippen MR) is 126 cm³/mol. The maximum atomic E-state index is 12.9. The molecule has 0 spiro atoms. The van der Waals surface area contributed by atoms with E-state index in [1.165, 1.54) is 12.0 Å². The molecule has 0 aromatic heterocycles. The average molecular weight is 448 g/mol. The summed E-state index contributed by atoms with van der Waals surface area (Å²) in [5.74, 6) is -0.474. The number of hydrogen-bond donors (Lipinski definition) is 1. The number of rotatable bonds is 5. The molecule has 1 heterocycles. The second-order valence-electron chi connectivity index (χ2n) is 7.89. The van der Waals surface area contributed by atoms with Crippen LogP contribution in [-0.2, 0) is 25.6 Å². The van der Waals surface area contributed by atoms with Crippen molar-refractivity contribution < 1.29 is 19.1 Å². The lowest BCUT2D eigenvalue weighted by atomic mass is 9.93. The fourth-order valence-corrected chi connectivity index (χ4v) is 4.51. The molecule has 1 aliphatic rings. The summed E-state index contributed by atoms with van der Waals surface area (Å²) in [5.41, 5.74) is 4.03. The Kier molecular flexibility index (Phi) is 6.51. The molecule has 2 atom stereocenters. The highest BCUT2D eigenvalue weighted by atomic mass is 32.1. The van der Waals surface area contributed by atoms with Gasteiger partial charge in [0.1, 0.15) is 12.6 Å². The van der Waals surface area contributed by atoms with Gasteiger partial charge in [0.05, 0.1) is 11.9 Å². The summed E-state index contributed by atoms with van der Waals surface area (Å²) in [6.45, 7) is 0.379. The van der Waals surface area contributed by atoms with E-state index in [4.69, 9.17) is 22.1 Å². The third-order valence-electron chi connectivity index (χ3n) is 5.78. The first kappa shape index (κ1) is 22.0. The summed E-state index contributed by atoms with van der Waals surface area (Å²) in [4.78, 5) is 26.7. The first-order valence-electron chi connectivity index (χ1n) is 10.4. The molecule has 1 saturated heterocycles. The SMILES string of the molecule is COC(=O)[C@@H]1C[C@@](S)(c2ccc(-c3ccccc3)cc2)CN1C(=O)OCc1ccccc1. The fourth-order valence-electron chi connectivity index (χ4n) is 4.04. The van der Waals surface area contributed by atoms with Gasteiger partial charge in [0, 0.05) is 6.54 Å². The van der Waals surface area contributed by atoms with Crippen molar-refractivity contribution >= 4 is 24.7 Å². The van der Waals surface area contributed by atoms with Gasteiger partial charge in [0.25, 0.3) is 0 Å². The number of carbonyl (C=O) groups excluding carboxylic acids is 2. The normalized spacial score (nSPS) is 20.1. The lowest BCUT2D eigenvalue weighted by molar-refractivity contribution is -0.145. The van der Waals surface area contributed by atoms with Crippen molar-refractivity contribution in [1.29, 1.82) is 0 Å². The van der Waals surface area contributed by atoms with Crippen molar-refractivity contribution in [1.82, 2.24) is 4.90 Å². The molecule has 0 aliphatic carbocycles. The highest BCUT2D eigenvalue weighted by Crippen LogP contribution is 2.42. The van der Waals surface area contributed by atoms with Gasteiger partial charge in [-0.1, -0.05) is 84.9 Å². The Bertz CT molecular complexity index is 1070. The predicted octanol–water partition coefficient (Wildman–Crippen LogP) is 5.06. The lowest BCUT2D eigenvalue weighted by Crippen LogP contribution is -2.41. The van der Waals surface area contributed by atoms with Gasteiger partial charge in [0.2, 0.25) is 0 Å². The molecule has 0 radical (unpaired) electrons. The number of hydrogen-bond acceptors (Lipinski definition) is 5. The van der Waals surface area contributed by atoms with Crippen LogP contribution in [0.3, 0.4) is 0 Å². The summed E-state index contributed by atoms with van der Waals surface area (Å²) in [7, 11) is 1.32. The Morgan fingerprint density at radius 2 is 1.53 bits per heavy atom. The molecule has 0 saturated carbocycles. The zero-order chi connectivity index (χ0) is 22.6. The van der Waals surface area contributed by atoms with Crippen LogP contribution in [0.1, 0.15) is 17.5 Å². The molecule has 4 rings (SSSR count). The van der Waals surface area contributed by atoms with Crippen molar-refractivity contribution in [2.75, 3.05) is 13.7 Å². The number of likely N-dealkylation sites (tertiary alicyclic amines) is 1. The molecule has 6 heteroatoms. The van der Waals surface area contributed by atoms with Gasteiger partial charge in [-0.3, -0.25) is 4.90 Å². The van der Waals surface area contributed by atoms with E-state index in [1.807, 2.05) is 72.8 Å². The second kappa shape index (κ2) is 9.49. The van der Waals surface area contributed by atoms with Crippen molar-refractivity contribution in [3.05, 3.63) is 96.1 Å². The molecule has 1 amide bonds. The molecule has 1 aliphatic heterocycles. The Morgan fingerprint density at radius 3 is 2.16 bits per heavy atom. The van der Waals surface area contributed by atoms with Crippen LogP contribution >= 0.6 is 12.6 Å². The largest absolute Gasteiger partial charge is 0.467 e. The zero-order valence-corrected chi connectivity index (χ0v) is 18.7. The lowest BCUT2D eigenvalue weighted by Gasteiger charge is -2.24. The van der Waals surface area contributed by atoms with Crippen LogP contribution in [-0.4, -0.2) is 36.7 Å². The van der Waals surface area contributed by atoms with Gasteiger partial charge in [-0.05, 0) is 28.7 Å². The van der Waals surface area contributed by atoms with E-state index in [-0.39, 0.29) is 13.2 Å². The van der Waals surface area contributed by atoms with E-state index in [0.29, 0.717) is 6.42 Å². The summed E-state index contributed by atoms with van der Waals surface area (Å²) in [6, 6.07) is 26.8. The molecular formula is C26H25NO4S. The monoisotopic (exact) mass is 447 g/mol. The number of nitrogens with zero attached hydrogens (tertiary/aromatic N) is 1. The number of ether oxygens (including phenoxy) is 2. The zero-order valence-electron chi connectivity index (χ0n) is 17.8.